The van der Waals surface area contributed by atoms with Gasteiger partial charge in [0.05, 0.1) is 11.8 Å². The lowest BCUT2D eigenvalue weighted by Gasteiger charge is -2.06. The highest BCUT2D eigenvalue weighted by Crippen LogP contribution is 2.09. The molecule has 1 aromatic heterocycles. The summed E-state index contributed by atoms with van der Waals surface area (Å²) < 4.78 is 12.9. The molecule has 6 heteroatoms. The number of amides is 1. The number of carbonyl (C=O) groups is 1. The van der Waals surface area contributed by atoms with Crippen LogP contribution in [0.15, 0.2) is 12.3 Å². The Bertz CT molecular complexity index is 387. The highest BCUT2D eigenvalue weighted by atomic mass is 32.2. The molecule has 1 aromatic rings. The van der Waals surface area contributed by atoms with Crippen LogP contribution in [0.1, 0.15) is 23.2 Å². The van der Waals surface area contributed by atoms with E-state index in [9.17, 15) is 9.18 Å². The maximum absolute atomic E-state index is 12.9. The van der Waals surface area contributed by atoms with Gasteiger partial charge in [-0.15, -0.1) is 0 Å². The zero-order chi connectivity index (χ0) is 12.7. The minimum Gasteiger partial charge on any atom is -0.383 e. The largest absolute Gasteiger partial charge is 0.383 e. The summed E-state index contributed by atoms with van der Waals surface area (Å²) in [6, 6.07) is 1.10. The van der Waals surface area contributed by atoms with Crippen LogP contribution >= 0.6 is 11.8 Å². The molecule has 94 valence electrons. The number of anilines is 1. The number of aromatic nitrogens is 1. The van der Waals surface area contributed by atoms with Crippen molar-refractivity contribution in [2.45, 2.75) is 12.8 Å². The van der Waals surface area contributed by atoms with Crippen molar-refractivity contribution in [3.8, 4) is 0 Å². The number of unbranched alkanes of at least 4 members (excludes halogenated alkanes) is 1. The van der Waals surface area contributed by atoms with Gasteiger partial charge in [0.15, 0.2) is 0 Å². The number of nitrogens with zero attached hydrogens (tertiary/aromatic N) is 1. The van der Waals surface area contributed by atoms with Crippen LogP contribution in [-0.4, -0.2) is 29.4 Å². The molecule has 1 amide bonds. The first-order valence-electron chi connectivity index (χ1n) is 5.33. The van der Waals surface area contributed by atoms with Crippen molar-refractivity contribution in [3.63, 3.8) is 0 Å². The topological polar surface area (TPSA) is 68.0 Å². The van der Waals surface area contributed by atoms with Gasteiger partial charge in [-0.2, -0.15) is 11.8 Å². The molecule has 0 radical (unpaired) electrons. The summed E-state index contributed by atoms with van der Waals surface area (Å²) >= 11 is 1.77. The van der Waals surface area contributed by atoms with Gasteiger partial charge in [0.25, 0.3) is 5.91 Å². The van der Waals surface area contributed by atoms with Crippen LogP contribution in [0.4, 0.5) is 10.2 Å². The Morgan fingerprint density at radius 1 is 1.59 bits per heavy atom. The van der Waals surface area contributed by atoms with Gasteiger partial charge < -0.3 is 11.1 Å². The van der Waals surface area contributed by atoms with Crippen molar-refractivity contribution >= 4 is 23.5 Å². The van der Waals surface area contributed by atoms with E-state index in [0.717, 1.165) is 30.9 Å². The quantitative estimate of drug-likeness (QED) is 0.761. The second-order valence-electron chi connectivity index (χ2n) is 3.54. The number of nitrogens with two attached hydrogens (primary N) is 1. The molecule has 0 saturated heterocycles. The Morgan fingerprint density at radius 3 is 3.06 bits per heavy atom. The molecule has 0 fully saturated rings. The predicted molar refractivity (Wildman–Crippen MR) is 68.6 cm³/mol. The van der Waals surface area contributed by atoms with Crippen molar-refractivity contribution in [3.05, 3.63) is 23.6 Å². The van der Waals surface area contributed by atoms with E-state index in [1.54, 1.807) is 11.8 Å². The number of hydrogen-bond donors (Lipinski definition) is 2. The van der Waals surface area contributed by atoms with Gasteiger partial charge in [-0.1, -0.05) is 0 Å². The Balaban J connectivity index is 2.44. The lowest BCUT2D eigenvalue weighted by molar-refractivity contribution is 0.0953. The van der Waals surface area contributed by atoms with Crippen LogP contribution in [0, 0.1) is 5.82 Å². The number of nitrogens with one attached hydrogen (secondary N) is 1. The van der Waals surface area contributed by atoms with E-state index >= 15 is 0 Å². The SMILES string of the molecule is CSCCCCNC(=O)c1cc(F)cnc1N. The molecule has 0 aromatic carbocycles. The van der Waals surface area contributed by atoms with Gasteiger partial charge in [0.2, 0.25) is 0 Å². The molecule has 4 nitrogen and oxygen atoms in total. The molecule has 17 heavy (non-hydrogen) atoms. The second kappa shape index (κ2) is 7.11. The number of rotatable bonds is 6. The minimum atomic E-state index is -0.563. The van der Waals surface area contributed by atoms with Gasteiger partial charge in [-0.05, 0) is 30.9 Å². The molecule has 0 aliphatic heterocycles. The summed E-state index contributed by atoms with van der Waals surface area (Å²) in [5.41, 5.74) is 5.59. The number of pyridine rings is 1. The fraction of sp³-hybridized carbons (Fsp3) is 0.455. The minimum absolute atomic E-state index is 0.0491. The first-order valence-corrected chi connectivity index (χ1v) is 6.72. The Hall–Kier alpha value is -1.30. The standard InChI is InChI=1S/C11H16FN3OS/c1-17-5-3-2-4-14-11(16)9-6-8(12)7-15-10(9)13/h6-7H,2-5H2,1H3,(H2,13,15)(H,14,16). The summed E-state index contributed by atoms with van der Waals surface area (Å²) in [4.78, 5) is 15.2. The number of carbonyl (C=O) groups excluding carboxylic acids is 1. The van der Waals surface area contributed by atoms with Crippen molar-refractivity contribution in [1.29, 1.82) is 0 Å². The first-order chi connectivity index (χ1) is 8.15. The van der Waals surface area contributed by atoms with Gasteiger partial charge in [-0.3, -0.25) is 4.79 Å². The number of nitrogen functional groups attached to an aromatic ring is 1. The second-order valence-corrected chi connectivity index (χ2v) is 4.53. The van der Waals surface area contributed by atoms with E-state index in [1.165, 1.54) is 0 Å². The molecular formula is C11H16FN3OS. The lowest BCUT2D eigenvalue weighted by Crippen LogP contribution is -2.25. The Labute approximate surface area is 104 Å². The van der Waals surface area contributed by atoms with Crippen molar-refractivity contribution in [2.75, 3.05) is 24.3 Å². The lowest BCUT2D eigenvalue weighted by atomic mass is 10.2. The molecule has 0 unspecified atom stereocenters. The smallest absolute Gasteiger partial charge is 0.255 e. The molecule has 0 saturated carbocycles. The van der Waals surface area contributed by atoms with Crippen LogP contribution in [0.3, 0.4) is 0 Å². The van der Waals surface area contributed by atoms with Gasteiger partial charge in [0, 0.05) is 6.54 Å². The maximum Gasteiger partial charge on any atom is 0.255 e. The van der Waals surface area contributed by atoms with Crippen LogP contribution in [-0.2, 0) is 0 Å². The van der Waals surface area contributed by atoms with Crippen molar-refractivity contribution in [1.82, 2.24) is 10.3 Å². The summed E-state index contributed by atoms with van der Waals surface area (Å²) in [5, 5.41) is 2.69. The fourth-order valence-corrected chi connectivity index (χ4v) is 1.79. The average molecular weight is 257 g/mol. The van der Waals surface area contributed by atoms with Crippen LogP contribution in [0.5, 0.6) is 0 Å². The molecule has 3 N–H and O–H groups in total. The fourth-order valence-electron chi connectivity index (χ4n) is 1.30. The van der Waals surface area contributed by atoms with Crippen LogP contribution < -0.4 is 11.1 Å². The number of hydrogen-bond acceptors (Lipinski definition) is 4. The first kappa shape index (κ1) is 13.8. The third-order valence-electron chi connectivity index (χ3n) is 2.19. The molecule has 0 spiro atoms. The van der Waals surface area contributed by atoms with Crippen molar-refractivity contribution in [2.24, 2.45) is 0 Å². The molecule has 0 aliphatic rings. The van der Waals surface area contributed by atoms with E-state index in [4.69, 9.17) is 5.73 Å². The molecule has 0 aliphatic carbocycles. The van der Waals surface area contributed by atoms with Crippen LogP contribution in [0.25, 0.3) is 0 Å². The monoisotopic (exact) mass is 257 g/mol. The maximum atomic E-state index is 12.9. The third-order valence-corrected chi connectivity index (χ3v) is 2.89. The average Bonchev–Trinajstić information content (AvgIpc) is 2.32. The summed E-state index contributed by atoms with van der Waals surface area (Å²) in [7, 11) is 0. The zero-order valence-corrected chi connectivity index (χ0v) is 10.5. The predicted octanol–water partition coefficient (Wildman–Crippen LogP) is 1.68. The molecule has 0 bridgehead atoms. The van der Waals surface area contributed by atoms with Crippen LogP contribution in [0.2, 0.25) is 0 Å². The Morgan fingerprint density at radius 2 is 2.35 bits per heavy atom. The van der Waals surface area contributed by atoms with Gasteiger partial charge in [-0.25, -0.2) is 9.37 Å². The highest BCUT2D eigenvalue weighted by molar-refractivity contribution is 7.98. The molecule has 0 atom stereocenters. The zero-order valence-electron chi connectivity index (χ0n) is 9.70. The van der Waals surface area contributed by atoms with E-state index < -0.39 is 5.82 Å². The summed E-state index contributed by atoms with van der Waals surface area (Å²) in [6.45, 7) is 0.565. The van der Waals surface area contributed by atoms with E-state index in [2.05, 4.69) is 10.3 Å². The Kier molecular flexibility index (Phi) is 5.76. The van der Waals surface area contributed by atoms with E-state index in [1.807, 2.05) is 6.26 Å². The van der Waals surface area contributed by atoms with Gasteiger partial charge >= 0.3 is 0 Å². The molecule has 1 rings (SSSR count). The van der Waals surface area contributed by atoms with Crippen molar-refractivity contribution < 1.29 is 9.18 Å². The molecular weight excluding hydrogens is 241 g/mol. The number of halogens is 1. The summed E-state index contributed by atoms with van der Waals surface area (Å²) in [5.74, 6) is 0.179. The normalized spacial score (nSPS) is 10.2. The third kappa shape index (κ3) is 4.60. The van der Waals surface area contributed by atoms with E-state index in [-0.39, 0.29) is 17.3 Å². The van der Waals surface area contributed by atoms with E-state index in [0.29, 0.717) is 6.54 Å². The van der Waals surface area contributed by atoms with Gasteiger partial charge in [0.1, 0.15) is 11.6 Å². The highest BCUT2D eigenvalue weighted by Gasteiger charge is 2.11. The number of thioether (sulfide) groups is 1. The summed E-state index contributed by atoms with van der Waals surface area (Å²) in [6.07, 6.45) is 4.97. The molecule has 1 heterocycles.